The maximum Gasteiger partial charge on any atom is 0.413 e. The molecule has 1 aromatic carbocycles. The van der Waals surface area contributed by atoms with Gasteiger partial charge in [0.2, 0.25) is 3.79 Å². The Morgan fingerprint density at radius 2 is 1.80 bits per heavy atom. The van der Waals surface area contributed by atoms with Crippen LogP contribution in [0.4, 0.5) is 10.6 Å². The molecule has 0 saturated carbocycles. The Hall–Kier alpha value is -1.43. The smallest absolute Gasteiger partial charge is 0.413 e. The molecular weight excluding hydrogens is 385 g/mol. The predicted molar refractivity (Wildman–Crippen MR) is 103 cm³/mol. The van der Waals surface area contributed by atoms with Gasteiger partial charge in [-0.05, 0) is 6.92 Å². The lowest BCUT2D eigenvalue weighted by Gasteiger charge is -2.14. The number of carbonyl (C=O) groups is 1. The van der Waals surface area contributed by atoms with Crippen molar-refractivity contribution in [2.24, 2.45) is 0 Å². The highest BCUT2D eigenvalue weighted by atomic mass is 35.6. The maximum absolute atomic E-state index is 12.0. The summed E-state index contributed by atoms with van der Waals surface area (Å²) in [6.45, 7) is 7.71. The molecule has 0 bridgehead atoms. The number of carbonyl (C=O) groups excluding carboxylic acids is 1. The van der Waals surface area contributed by atoms with Crippen molar-refractivity contribution in [2.75, 3.05) is 11.9 Å². The fourth-order valence-corrected chi connectivity index (χ4v) is 2.19. The number of benzene rings is 1. The van der Waals surface area contributed by atoms with Crippen molar-refractivity contribution in [3.8, 4) is 11.3 Å². The number of ether oxygens (including phenoxy) is 1. The van der Waals surface area contributed by atoms with E-state index in [-0.39, 0.29) is 12.0 Å². The highest BCUT2D eigenvalue weighted by Crippen LogP contribution is 2.31. The number of aromatic nitrogens is 2. The van der Waals surface area contributed by atoms with Crippen molar-refractivity contribution in [3.05, 3.63) is 35.7 Å². The van der Waals surface area contributed by atoms with E-state index in [1.54, 1.807) is 0 Å². The Labute approximate surface area is 162 Å². The molecule has 8 heteroatoms. The third kappa shape index (κ3) is 5.80. The zero-order chi connectivity index (χ0) is 18.8. The molecule has 0 spiro atoms. The summed E-state index contributed by atoms with van der Waals surface area (Å²) in [5.74, 6) is 1.10. The second-order valence-electron chi connectivity index (χ2n) is 6.74. The quantitative estimate of drug-likeness (QED) is 0.654. The number of H-pyrrole nitrogens is 1. The molecule has 2 rings (SSSR count). The molecule has 1 aromatic heterocycles. The van der Waals surface area contributed by atoms with E-state index in [4.69, 9.17) is 39.5 Å². The van der Waals surface area contributed by atoms with Gasteiger partial charge in [0.25, 0.3) is 0 Å². The minimum Gasteiger partial charge on any atom is -0.445 e. The summed E-state index contributed by atoms with van der Waals surface area (Å²) in [7, 11) is 0. The molecule has 2 aromatic rings. The number of halogens is 3. The number of anilines is 1. The SMILES string of the molecule is Cc1ccc(-c2[nH]c(C(C)(C)C)nc2NC(=O)OCC(Cl)(Cl)Cl)cc1. The van der Waals surface area contributed by atoms with Crippen LogP contribution in [0, 0.1) is 6.92 Å². The van der Waals surface area contributed by atoms with Gasteiger partial charge in [0.05, 0.1) is 5.69 Å². The van der Waals surface area contributed by atoms with Crippen molar-refractivity contribution in [1.82, 2.24) is 9.97 Å². The number of rotatable bonds is 3. The van der Waals surface area contributed by atoms with Crippen LogP contribution < -0.4 is 5.32 Å². The van der Waals surface area contributed by atoms with Gasteiger partial charge in [0.15, 0.2) is 5.82 Å². The van der Waals surface area contributed by atoms with Gasteiger partial charge in [0, 0.05) is 11.0 Å². The second-order valence-corrected chi connectivity index (χ2v) is 9.26. The van der Waals surface area contributed by atoms with Crippen LogP contribution in [0.3, 0.4) is 0 Å². The average molecular weight is 405 g/mol. The van der Waals surface area contributed by atoms with E-state index in [1.165, 1.54) is 0 Å². The molecule has 1 heterocycles. The van der Waals surface area contributed by atoms with Crippen LogP contribution in [0.2, 0.25) is 0 Å². The highest BCUT2D eigenvalue weighted by molar-refractivity contribution is 6.67. The standard InChI is InChI=1S/C17H20Cl3N3O2/c1-10-5-7-11(8-6-10)12-13(22-14(21-12)16(2,3)4)23-15(24)25-9-17(18,19)20/h5-8H,9H2,1-4H3,(H,21,22)(H,23,24). The molecule has 0 radical (unpaired) electrons. The summed E-state index contributed by atoms with van der Waals surface area (Å²) in [5.41, 5.74) is 2.50. The van der Waals surface area contributed by atoms with Gasteiger partial charge in [-0.3, -0.25) is 5.32 Å². The third-order valence-corrected chi connectivity index (χ3v) is 3.67. The number of imidazole rings is 1. The van der Waals surface area contributed by atoms with Gasteiger partial charge in [0.1, 0.15) is 12.4 Å². The minimum atomic E-state index is -1.67. The average Bonchev–Trinajstić information content (AvgIpc) is 2.89. The van der Waals surface area contributed by atoms with E-state index in [0.717, 1.165) is 17.0 Å². The van der Waals surface area contributed by atoms with Gasteiger partial charge in [-0.25, -0.2) is 9.78 Å². The molecule has 5 nitrogen and oxygen atoms in total. The number of amides is 1. The molecular formula is C17H20Cl3N3O2. The molecule has 0 aliphatic carbocycles. The first kappa shape index (κ1) is 19.9. The molecule has 0 atom stereocenters. The van der Waals surface area contributed by atoms with E-state index in [9.17, 15) is 4.79 Å². The number of hydrogen-bond donors (Lipinski definition) is 2. The highest BCUT2D eigenvalue weighted by Gasteiger charge is 2.25. The van der Waals surface area contributed by atoms with Crippen LogP contribution in [0.15, 0.2) is 24.3 Å². The lowest BCUT2D eigenvalue weighted by atomic mass is 9.96. The molecule has 0 aliphatic heterocycles. The second kappa shape index (κ2) is 7.44. The zero-order valence-corrected chi connectivity index (χ0v) is 16.7. The van der Waals surface area contributed by atoms with Crippen molar-refractivity contribution in [2.45, 2.75) is 36.9 Å². The lowest BCUT2D eigenvalue weighted by molar-refractivity contribution is 0.164. The number of aromatic amines is 1. The van der Waals surface area contributed by atoms with Gasteiger partial charge >= 0.3 is 6.09 Å². The van der Waals surface area contributed by atoms with Crippen LogP contribution in [-0.4, -0.2) is 26.5 Å². The number of alkyl halides is 3. The van der Waals surface area contributed by atoms with Gasteiger partial charge in [-0.15, -0.1) is 0 Å². The molecule has 2 N–H and O–H groups in total. The Kier molecular flexibility index (Phi) is 5.92. The number of nitrogens with zero attached hydrogens (tertiary/aromatic N) is 1. The summed E-state index contributed by atoms with van der Waals surface area (Å²) in [6.07, 6.45) is -0.744. The summed E-state index contributed by atoms with van der Waals surface area (Å²) < 4.78 is 3.25. The van der Waals surface area contributed by atoms with E-state index in [2.05, 4.69) is 15.3 Å². The van der Waals surface area contributed by atoms with Crippen LogP contribution in [0.1, 0.15) is 32.2 Å². The lowest BCUT2D eigenvalue weighted by Crippen LogP contribution is -2.21. The summed E-state index contributed by atoms with van der Waals surface area (Å²) in [5, 5.41) is 2.61. The minimum absolute atomic E-state index is 0.221. The normalized spacial score (nSPS) is 12.1. The van der Waals surface area contributed by atoms with E-state index >= 15 is 0 Å². The summed E-state index contributed by atoms with van der Waals surface area (Å²) in [4.78, 5) is 19.8. The van der Waals surface area contributed by atoms with Crippen LogP contribution in [0.25, 0.3) is 11.3 Å². The number of aryl methyl sites for hydroxylation is 1. The first-order valence-electron chi connectivity index (χ1n) is 7.64. The monoisotopic (exact) mass is 403 g/mol. The number of hydrogen-bond acceptors (Lipinski definition) is 3. The summed E-state index contributed by atoms with van der Waals surface area (Å²) >= 11 is 16.8. The van der Waals surface area contributed by atoms with E-state index < -0.39 is 9.89 Å². The Bertz CT molecular complexity index is 744. The molecule has 136 valence electrons. The Balaban J connectivity index is 2.30. The topological polar surface area (TPSA) is 67.0 Å². The van der Waals surface area contributed by atoms with Crippen molar-refractivity contribution >= 4 is 46.7 Å². The first-order valence-corrected chi connectivity index (χ1v) is 8.77. The molecule has 25 heavy (non-hydrogen) atoms. The first-order chi connectivity index (χ1) is 11.5. The Morgan fingerprint density at radius 1 is 1.20 bits per heavy atom. The molecule has 1 amide bonds. The maximum atomic E-state index is 12.0. The van der Waals surface area contributed by atoms with Crippen molar-refractivity contribution in [1.29, 1.82) is 0 Å². The van der Waals surface area contributed by atoms with Gasteiger partial charge in [-0.1, -0.05) is 85.4 Å². The van der Waals surface area contributed by atoms with Crippen LogP contribution in [-0.2, 0) is 10.2 Å². The van der Waals surface area contributed by atoms with Crippen LogP contribution >= 0.6 is 34.8 Å². The number of nitrogens with one attached hydrogen (secondary N) is 2. The third-order valence-electron chi connectivity index (χ3n) is 3.34. The molecule has 0 fully saturated rings. The van der Waals surface area contributed by atoms with Crippen molar-refractivity contribution in [3.63, 3.8) is 0 Å². The molecule has 0 unspecified atom stereocenters. The van der Waals surface area contributed by atoms with Gasteiger partial charge < -0.3 is 9.72 Å². The van der Waals surface area contributed by atoms with Crippen molar-refractivity contribution < 1.29 is 9.53 Å². The fraction of sp³-hybridized carbons (Fsp3) is 0.412. The largest absolute Gasteiger partial charge is 0.445 e. The summed E-state index contributed by atoms with van der Waals surface area (Å²) in [6, 6.07) is 7.87. The van der Waals surface area contributed by atoms with E-state index in [1.807, 2.05) is 52.0 Å². The predicted octanol–water partition coefficient (Wildman–Crippen LogP) is 5.60. The molecule has 0 aliphatic rings. The van der Waals surface area contributed by atoms with E-state index in [0.29, 0.717) is 11.5 Å². The van der Waals surface area contributed by atoms with Crippen LogP contribution in [0.5, 0.6) is 0 Å². The van der Waals surface area contributed by atoms with Gasteiger partial charge in [-0.2, -0.15) is 0 Å². The Morgan fingerprint density at radius 3 is 2.32 bits per heavy atom. The fourth-order valence-electron chi connectivity index (χ4n) is 2.03. The zero-order valence-electron chi connectivity index (χ0n) is 14.4. The molecule has 0 saturated heterocycles.